The minimum Gasteiger partial charge on any atom is -0.488 e. The van der Waals surface area contributed by atoms with Gasteiger partial charge in [0.2, 0.25) is 5.96 Å². The number of nitrogens with zero attached hydrogens (tertiary/aromatic N) is 4. The lowest BCUT2D eigenvalue weighted by molar-refractivity contribution is 0.302. The molecule has 1 aliphatic heterocycles. The standard InChI is InChI=1S/C22H15BrCl2N8O/c23-11-2-4-16(34-8-10-1-3-12(24)6-15(10)25)13(5-11)19-17-18(28)14(7-26)20(29)32-21(17)33-22(31-19)30-9-27/h1-6,19H,8H2,(H6,28,29,30,31,32,33). The van der Waals surface area contributed by atoms with Gasteiger partial charge in [-0.2, -0.15) is 10.5 Å². The van der Waals surface area contributed by atoms with Gasteiger partial charge in [-0.1, -0.05) is 45.2 Å². The third-order valence-electron chi connectivity index (χ3n) is 5.02. The van der Waals surface area contributed by atoms with Crippen molar-refractivity contribution in [2.75, 3.05) is 16.8 Å². The fraction of sp³-hybridized carbons (Fsp3) is 0.0909. The van der Waals surface area contributed by atoms with Crippen molar-refractivity contribution in [3.63, 3.8) is 0 Å². The van der Waals surface area contributed by atoms with Crippen LogP contribution in [0.4, 0.5) is 17.3 Å². The van der Waals surface area contributed by atoms with Gasteiger partial charge in [0.15, 0.2) is 6.19 Å². The van der Waals surface area contributed by atoms with Crippen LogP contribution >= 0.6 is 39.1 Å². The van der Waals surface area contributed by atoms with E-state index in [9.17, 15) is 5.26 Å². The van der Waals surface area contributed by atoms with Gasteiger partial charge in [-0.05, 0) is 30.3 Å². The average Bonchev–Trinajstić information content (AvgIpc) is 2.79. The molecule has 1 atom stereocenters. The zero-order chi connectivity index (χ0) is 24.4. The molecular formula is C22H15BrCl2N8O. The molecule has 1 aliphatic rings. The maximum Gasteiger partial charge on any atom is 0.211 e. The summed E-state index contributed by atoms with van der Waals surface area (Å²) < 4.78 is 6.86. The first kappa shape index (κ1) is 23.5. The van der Waals surface area contributed by atoms with Crippen molar-refractivity contribution in [2.45, 2.75) is 12.6 Å². The molecule has 0 saturated heterocycles. The number of ether oxygens (including phenoxy) is 1. The highest BCUT2D eigenvalue weighted by atomic mass is 79.9. The molecule has 1 aromatic heterocycles. The first-order valence-corrected chi connectivity index (χ1v) is 11.2. The van der Waals surface area contributed by atoms with E-state index < -0.39 is 6.04 Å². The Morgan fingerprint density at radius 3 is 2.68 bits per heavy atom. The first-order chi connectivity index (χ1) is 16.3. The predicted octanol–water partition coefficient (Wildman–Crippen LogP) is 4.71. The number of hydrogen-bond donors (Lipinski definition) is 4. The molecule has 0 aliphatic carbocycles. The Morgan fingerprint density at radius 2 is 1.97 bits per heavy atom. The average molecular weight is 558 g/mol. The summed E-state index contributed by atoms with van der Waals surface area (Å²) in [6.07, 6.45) is 1.82. The van der Waals surface area contributed by atoms with Gasteiger partial charge >= 0.3 is 0 Å². The van der Waals surface area contributed by atoms with Crippen LogP contribution in [0.3, 0.4) is 0 Å². The van der Waals surface area contributed by atoms with Crippen LogP contribution in [0.15, 0.2) is 45.9 Å². The van der Waals surface area contributed by atoms with Crippen molar-refractivity contribution in [2.24, 2.45) is 4.99 Å². The lowest BCUT2D eigenvalue weighted by Crippen LogP contribution is -2.33. The molecule has 2 heterocycles. The number of nitrogens with one attached hydrogen (secondary N) is 2. The van der Waals surface area contributed by atoms with Crippen molar-refractivity contribution in [1.82, 2.24) is 10.3 Å². The molecule has 170 valence electrons. The summed E-state index contributed by atoms with van der Waals surface area (Å²) in [6, 6.07) is 11.8. The zero-order valence-electron chi connectivity index (χ0n) is 17.2. The molecule has 0 spiro atoms. The summed E-state index contributed by atoms with van der Waals surface area (Å²) in [5, 5.41) is 25.0. The van der Waals surface area contributed by atoms with Gasteiger partial charge in [0.25, 0.3) is 0 Å². The lowest BCUT2D eigenvalue weighted by Gasteiger charge is -2.27. The van der Waals surface area contributed by atoms with Crippen molar-refractivity contribution in [1.29, 1.82) is 10.5 Å². The van der Waals surface area contributed by atoms with Crippen LogP contribution in [0.1, 0.15) is 28.3 Å². The van der Waals surface area contributed by atoms with Gasteiger partial charge < -0.3 is 21.5 Å². The Kier molecular flexibility index (Phi) is 6.66. The first-order valence-electron chi connectivity index (χ1n) is 9.67. The molecule has 4 rings (SSSR count). The van der Waals surface area contributed by atoms with Crippen LogP contribution in [0.25, 0.3) is 0 Å². The van der Waals surface area contributed by atoms with Gasteiger partial charge in [-0.25, -0.2) is 9.98 Å². The summed E-state index contributed by atoms with van der Waals surface area (Å²) in [5.74, 6) is 0.870. The smallest absolute Gasteiger partial charge is 0.211 e. The Hall–Kier alpha value is -3.70. The van der Waals surface area contributed by atoms with Crippen LogP contribution in [0.5, 0.6) is 5.75 Å². The van der Waals surface area contributed by atoms with Crippen LogP contribution in [0.2, 0.25) is 10.0 Å². The largest absolute Gasteiger partial charge is 0.488 e. The minimum absolute atomic E-state index is 0.0358. The molecular weight excluding hydrogens is 543 g/mol. The maximum absolute atomic E-state index is 9.53. The second-order valence-corrected chi connectivity index (χ2v) is 8.87. The molecule has 34 heavy (non-hydrogen) atoms. The van der Waals surface area contributed by atoms with Gasteiger partial charge in [0.05, 0.1) is 5.69 Å². The molecule has 3 aromatic rings. The SMILES string of the molecule is N#CNC1=NC(c2cc(Br)ccc2OCc2ccc(Cl)cc2Cl)c2c(nc(N)c(C#N)c2N)N1. The van der Waals surface area contributed by atoms with Gasteiger partial charge in [-0.3, -0.25) is 5.32 Å². The van der Waals surface area contributed by atoms with Crippen molar-refractivity contribution >= 4 is 62.4 Å². The number of anilines is 3. The van der Waals surface area contributed by atoms with E-state index in [-0.39, 0.29) is 35.5 Å². The summed E-state index contributed by atoms with van der Waals surface area (Å²) in [4.78, 5) is 8.86. The van der Waals surface area contributed by atoms with E-state index >= 15 is 0 Å². The summed E-state index contributed by atoms with van der Waals surface area (Å²) in [7, 11) is 0. The molecule has 0 radical (unpaired) electrons. The van der Waals surface area contributed by atoms with Crippen LogP contribution < -0.4 is 26.8 Å². The number of guanidine groups is 1. The fourth-order valence-electron chi connectivity index (χ4n) is 3.46. The molecule has 0 saturated carbocycles. The van der Waals surface area contributed by atoms with Gasteiger partial charge in [0, 0.05) is 31.2 Å². The number of nitriles is 2. The third kappa shape index (κ3) is 4.52. The van der Waals surface area contributed by atoms with Gasteiger partial charge in [-0.15, -0.1) is 0 Å². The quantitative estimate of drug-likeness (QED) is 0.265. The molecule has 0 fully saturated rings. The minimum atomic E-state index is -0.763. The molecule has 12 heteroatoms. The van der Waals surface area contributed by atoms with Crippen LogP contribution in [0, 0.1) is 22.8 Å². The number of hydrogen-bond acceptors (Lipinski definition) is 9. The predicted molar refractivity (Wildman–Crippen MR) is 134 cm³/mol. The Bertz CT molecular complexity index is 1410. The van der Waals surface area contributed by atoms with E-state index in [1.54, 1.807) is 24.3 Å². The maximum atomic E-state index is 9.53. The summed E-state index contributed by atoms with van der Waals surface area (Å²) >= 11 is 15.8. The number of fused-ring (bicyclic) bond motifs is 1. The number of nitrogen functional groups attached to an aromatic ring is 2. The van der Waals surface area contributed by atoms with Crippen LogP contribution in [-0.4, -0.2) is 10.9 Å². The van der Waals surface area contributed by atoms with E-state index in [1.807, 2.05) is 24.4 Å². The second kappa shape index (κ2) is 9.65. The molecule has 0 bridgehead atoms. The number of aliphatic imine (C=N–C) groups is 1. The summed E-state index contributed by atoms with van der Waals surface area (Å²) in [6.45, 7) is 0.161. The van der Waals surface area contributed by atoms with Crippen molar-refractivity contribution < 1.29 is 4.74 Å². The second-order valence-electron chi connectivity index (χ2n) is 7.11. The molecule has 6 N–H and O–H groups in total. The highest BCUT2D eigenvalue weighted by molar-refractivity contribution is 9.10. The monoisotopic (exact) mass is 556 g/mol. The van der Waals surface area contributed by atoms with Crippen molar-refractivity contribution in [3.8, 4) is 18.0 Å². The number of benzene rings is 2. The normalized spacial score (nSPS) is 14.1. The number of aromatic nitrogens is 1. The van der Waals surface area contributed by atoms with E-state index in [4.69, 9.17) is 44.7 Å². The zero-order valence-corrected chi connectivity index (χ0v) is 20.3. The van der Waals surface area contributed by atoms with E-state index in [0.29, 0.717) is 26.9 Å². The molecule has 1 unspecified atom stereocenters. The number of nitrogens with two attached hydrogens (primary N) is 2. The topological polar surface area (TPSA) is 158 Å². The fourth-order valence-corrected chi connectivity index (χ4v) is 4.31. The highest BCUT2D eigenvalue weighted by Gasteiger charge is 2.31. The van der Waals surface area contributed by atoms with E-state index in [2.05, 4.69) is 36.5 Å². The lowest BCUT2D eigenvalue weighted by atomic mass is 9.94. The number of rotatable bonds is 4. The van der Waals surface area contributed by atoms with Gasteiger partial charge in [0.1, 0.15) is 41.7 Å². The molecule has 9 nitrogen and oxygen atoms in total. The highest BCUT2D eigenvalue weighted by Crippen LogP contribution is 2.44. The Morgan fingerprint density at radius 1 is 1.18 bits per heavy atom. The third-order valence-corrected chi connectivity index (χ3v) is 6.10. The van der Waals surface area contributed by atoms with Crippen LogP contribution in [-0.2, 0) is 6.61 Å². The van der Waals surface area contributed by atoms with E-state index in [0.717, 1.165) is 10.0 Å². The van der Waals surface area contributed by atoms with Crippen molar-refractivity contribution in [3.05, 3.63) is 73.2 Å². The Labute approximate surface area is 213 Å². The number of pyridine rings is 1. The summed E-state index contributed by atoms with van der Waals surface area (Å²) in [5.41, 5.74) is 14.2. The number of halogens is 3. The van der Waals surface area contributed by atoms with E-state index in [1.165, 1.54) is 0 Å². The molecule has 2 aromatic carbocycles. The molecule has 0 amide bonds. The Balaban J connectivity index is 1.83.